The van der Waals surface area contributed by atoms with E-state index in [0.717, 1.165) is 28.8 Å². The minimum absolute atomic E-state index is 0.0277. The number of amides is 1. The van der Waals surface area contributed by atoms with E-state index in [-0.39, 0.29) is 23.6 Å². The normalized spacial score (nSPS) is 15.2. The van der Waals surface area contributed by atoms with Gasteiger partial charge in [-0.15, -0.1) is 0 Å². The highest BCUT2D eigenvalue weighted by Gasteiger charge is 2.44. The van der Waals surface area contributed by atoms with Crippen molar-refractivity contribution in [3.05, 3.63) is 78.0 Å². The molecule has 1 aliphatic rings. The summed E-state index contributed by atoms with van der Waals surface area (Å²) in [5.41, 5.74) is -2.16. The van der Waals surface area contributed by atoms with Crippen LogP contribution < -0.4 is 10.6 Å². The summed E-state index contributed by atoms with van der Waals surface area (Å²) >= 11 is 0. The van der Waals surface area contributed by atoms with E-state index in [2.05, 4.69) is 15.3 Å². The number of dihydropyridines is 1. The van der Waals surface area contributed by atoms with Gasteiger partial charge in [0.25, 0.3) is 5.91 Å². The Morgan fingerprint density at radius 1 is 1.12 bits per heavy atom. The number of carbonyl (C=O) groups excluding carboxylic acids is 1. The number of fused-ring (bicyclic) bond motifs is 1. The van der Waals surface area contributed by atoms with Crippen molar-refractivity contribution < 1.29 is 31.1 Å². The van der Waals surface area contributed by atoms with Crippen molar-refractivity contribution in [2.75, 3.05) is 6.54 Å². The molecule has 2 N–H and O–H groups in total. The van der Waals surface area contributed by atoms with Crippen molar-refractivity contribution in [1.82, 2.24) is 25.0 Å². The van der Waals surface area contributed by atoms with Crippen LogP contribution in [0, 0.1) is 0 Å². The van der Waals surface area contributed by atoms with Crippen LogP contribution in [-0.2, 0) is 6.18 Å². The third-order valence-electron chi connectivity index (χ3n) is 4.83. The number of allylic oxidation sites excluding steroid dienone is 2. The number of carbonyl (C=O) groups is 1. The largest absolute Gasteiger partial charge is 0.418 e. The van der Waals surface area contributed by atoms with Gasteiger partial charge in [-0.1, -0.05) is 18.2 Å². The summed E-state index contributed by atoms with van der Waals surface area (Å²) in [4.78, 5) is 20.9. The molecule has 1 amide bonds. The number of rotatable bonds is 4. The van der Waals surface area contributed by atoms with Crippen molar-refractivity contribution >= 4 is 11.4 Å². The number of aromatic nitrogens is 3. The summed E-state index contributed by atoms with van der Waals surface area (Å²) in [7, 11) is 0. The zero-order chi connectivity index (χ0) is 23.8. The molecule has 6 nitrogen and oxygen atoms in total. The molecule has 0 saturated carbocycles. The van der Waals surface area contributed by atoms with Crippen LogP contribution in [0.1, 0.15) is 16.2 Å². The minimum atomic E-state index is -4.87. The van der Waals surface area contributed by atoms with Gasteiger partial charge in [-0.25, -0.2) is 4.98 Å². The first-order valence-corrected chi connectivity index (χ1v) is 9.55. The first kappa shape index (κ1) is 22.4. The maximum Gasteiger partial charge on any atom is 0.418 e. The van der Waals surface area contributed by atoms with Crippen LogP contribution >= 0.6 is 0 Å². The Kier molecular flexibility index (Phi) is 5.60. The van der Waals surface area contributed by atoms with Gasteiger partial charge in [0.2, 0.25) is 5.82 Å². The fourth-order valence-electron chi connectivity index (χ4n) is 3.42. The molecule has 0 spiro atoms. The van der Waals surface area contributed by atoms with Crippen molar-refractivity contribution in [2.24, 2.45) is 0 Å². The highest BCUT2D eigenvalue weighted by atomic mass is 19.4. The van der Waals surface area contributed by atoms with E-state index >= 15 is 0 Å². The second-order valence-electron chi connectivity index (χ2n) is 7.02. The van der Waals surface area contributed by atoms with Crippen LogP contribution in [0.15, 0.2) is 66.7 Å². The molecule has 4 rings (SSSR count). The van der Waals surface area contributed by atoms with Gasteiger partial charge >= 0.3 is 12.4 Å². The molecule has 4 heterocycles. The van der Waals surface area contributed by atoms with E-state index in [1.165, 1.54) is 30.5 Å². The highest BCUT2D eigenvalue weighted by molar-refractivity contribution is 5.95. The maximum atomic E-state index is 13.7. The molecule has 3 aromatic heterocycles. The Hall–Kier alpha value is -3.83. The summed E-state index contributed by atoms with van der Waals surface area (Å²) in [5.74, 6) is -1.94. The molecule has 1 aliphatic heterocycles. The second-order valence-corrected chi connectivity index (χ2v) is 7.02. The average Bonchev–Trinajstić information content (AvgIpc) is 3.17. The number of nitrogens with one attached hydrogen (secondary N) is 2. The molecule has 0 radical (unpaired) electrons. The van der Waals surface area contributed by atoms with Crippen LogP contribution in [0.4, 0.5) is 26.3 Å². The van der Waals surface area contributed by atoms with Gasteiger partial charge in [-0.3, -0.25) is 14.2 Å². The number of halogens is 6. The third-order valence-corrected chi connectivity index (χ3v) is 4.83. The predicted molar refractivity (Wildman–Crippen MR) is 106 cm³/mol. The number of alkyl halides is 6. The molecular weight excluding hydrogens is 452 g/mol. The highest BCUT2D eigenvalue weighted by Crippen LogP contribution is 2.37. The summed E-state index contributed by atoms with van der Waals surface area (Å²) in [5, 5.41) is 4.38. The fraction of sp³-hybridized carbons (Fsp3) is 0.190. The molecule has 33 heavy (non-hydrogen) atoms. The Morgan fingerprint density at radius 3 is 2.52 bits per heavy atom. The Bertz CT molecular complexity index is 1240. The van der Waals surface area contributed by atoms with Crippen molar-refractivity contribution in [3.63, 3.8) is 0 Å². The lowest BCUT2D eigenvalue weighted by molar-refractivity contribution is -0.145. The molecule has 0 saturated heterocycles. The summed E-state index contributed by atoms with van der Waals surface area (Å²) < 4.78 is 83.0. The number of hydrogen-bond donors (Lipinski definition) is 2. The molecule has 0 bridgehead atoms. The van der Waals surface area contributed by atoms with Gasteiger partial charge in [0.05, 0.1) is 16.8 Å². The molecule has 1 atom stereocenters. The first-order valence-electron chi connectivity index (χ1n) is 9.55. The van der Waals surface area contributed by atoms with E-state index in [0.29, 0.717) is 0 Å². The predicted octanol–water partition coefficient (Wildman–Crippen LogP) is 4.12. The zero-order valence-electron chi connectivity index (χ0n) is 16.6. The molecule has 1 unspecified atom stereocenters. The third kappa shape index (κ3) is 4.41. The van der Waals surface area contributed by atoms with E-state index < -0.39 is 41.2 Å². The average molecular weight is 467 g/mol. The van der Waals surface area contributed by atoms with Gasteiger partial charge in [0, 0.05) is 24.6 Å². The smallest absolute Gasteiger partial charge is 0.383 e. The van der Waals surface area contributed by atoms with E-state index in [1.54, 1.807) is 6.08 Å². The Balaban J connectivity index is 1.85. The number of pyridine rings is 2. The second kappa shape index (κ2) is 8.26. The lowest BCUT2D eigenvalue weighted by Gasteiger charge is -2.25. The van der Waals surface area contributed by atoms with Crippen molar-refractivity contribution in [3.8, 4) is 11.4 Å². The zero-order valence-corrected chi connectivity index (χ0v) is 16.6. The van der Waals surface area contributed by atoms with Gasteiger partial charge in [-0.2, -0.15) is 26.3 Å². The monoisotopic (exact) mass is 467 g/mol. The van der Waals surface area contributed by atoms with E-state index in [9.17, 15) is 31.1 Å². The van der Waals surface area contributed by atoms with Crippen LogP contribution in [0.5, 0.6) is 0 Å². The van der Waals surface area contributed by atoms with Crippen LogP contribution in [0.3, 0.4) is 0 Å². The fourth-order valence-corrected chi connectivity index (χ4v) is 3.42. The molecule has 0 fully saturated rings. The number of nitrogens with zero attached hydrogens (tertiary/aromatic N) is 3. The van der Waals surface area contributed by atoms with E-state index in [1.807, 2.05) is 5.32 Å². The van der Waals surface area contributed by atoms with Crippen LogP contribution in [0.2, 0.25) is 0 Å². The minimum Gasteiger partial charge on any atom is -0.383 e. The SMILES string of the molecule is O=C(NC(C1=CC=CCN1)C(F)(F)F)c1nc(-c2ccccn2)c2c(C(F)(F)F)cccn12. The number of imidazole rings is 1. The lowest BCUT2D eigenvalue weighted by Crippen LogP contribution is -2.50. The number of hydrogen-bond acceptors (Lipinski definition) is 4. The lowest BCUT2D eigenvalue weighted by atomic mass is 10.1. The van der Waals surface area contributed by atoms with Crippen LogP contribution in [0.25, 0.3) is 16.9 Å². The maximum absolute atomic E-state index is 13.7. The van der Waals surface area contributed by atoms with Gasteiger partial charge in [0.15, 0.2) is 6.04 Å². The van der Waals surface area contributed by atoms with Gasteiger partial charge in [0.1, 0.15) is 5.69 Å². The Labute approximate surface area is 182 Å². The van der Waals surface area contributed by atoms with Crippen LogP contribution in [-0.4, -0.2) is 39.0 Å². The molecule has 172 valence electrons. The summed E-state index contributed by atoms with van der Waals surface area (Å²) in [6, 6.07) is 3.86. The molecule has 0 aromatic carbocycles. The summed E-state index contributed by atoms with van der Waals surface area (Å²) in [6.45, 7) is 0.124. The van der Waals surface area contributed by atoms with Gasteiger partial charge < -0.3 is 10.6 Å². The van der Waals surface area contributed by atoms with Crippen molar-refractivity contribution in [2.45, 2.75) is 18.4 Å². The molecular formula is C21H15F6N5O. The quantitative estimate of drug-likeness (QED) is 0.567. The van der Waals surface area contributed by atoms with Gasteiger partial charge in [-0.05, 0) is 30.3 Å². The summed E-state index contributed by atoms with van der Waals surface area (Å²) in [6.07, 6.45) is -3.08. The van der Waals surface area contributed by atoms with Crippen molar-refractivity contribution in [1.29, 1.82) is 0 Å². The molecule has 3 aromatic rings. The topological polar surface area (TPSA) is 71.3 Å². The standard InChI is InChI=1S/C21H15F6N5O/c22-20(23,24)12-6-5-11-32-16(12)15(13-7-1-3-9-28-13)30-18(32)19(33)31-17(21(25,26)27)14-8-2-4-10-29-14/h1-9,11,17,29H,10H2,(H,31,33). The molecule has 12 heteroatoms. The first-order chi connectivity index (χ1) is 15.6. The Morgan fingerprint density at radius 2 is 1.91 bits per heavy atom. The molecule has 0 aliphatic carbocycles. The van der Waals surface area contributed by atoms with E-state index in [4.69, 9.17) is 0 Å².